The average Bonchev–Trinajstić information content (AvgIpc) is 1.90. The molecule has 0 saturated carbocycles. The van der Waals surface area contributed by atoms with Crippen LogP contribution in [0.4, 0.5) is 0 Å². The lowest BCUT2D eigenvalue weighted by Crippen LogP contribution is -3.00. The Hall–Kier alpha value is -0.890. The summed E-state index contributed by atoms with van der Waals surface area (Å²) in [5.41, 5.74) is 0. The molecule has 1 aromatic rings. The van der Waals surface area contributed by atoms with Crippen LogP contribution in [0.25, 0.3) is 0 Å². The van der Waals surface area contributed by atoms with Crippen LogP contribution in [0.15, 0.2) is 30.6 Å². The predicted molar refractivity (Wildman–Crippen MR) is 32.9 cm³/mol. The van der Waals surface area contributed by atoms with Crippen molar-refractivity contribution < 1.29 is 21.8 Å². The molecule has 0 radical (unpaired) electrons. The van der Waals surface area contributed by atoms with E-state index in [9.17, 15) is 4.79 Å². The van der Waals surface area contributed by atoms with Crippen LogP contribution in [0.1, 0.15) is 11.7 Å². The second-order valence-electron chi connectivity index (χ2n) is 1.80. The van der Waals surface area contributed by atoms with Crippen molar-refractivity contribution in [3.8, 4) is 0 Å². The van der Waals surface area contributed by atoms with Gasteiger partial charge in [-0.3, -0.25) is 0 Å². The lowest BCUT2D eigenvalue weighted by atomic mass is 10.5. The third-order valence-corrected chi connectivity index (χ3v) is 1.08. The van der Waals surface area contributed by atoms with Gasteiger partial charge >= 0.3 is 5.91 Å². The van der Waals surface area contributed by atoms with Gasteiger partial charge in [0, 0.05) is 12.1 Å². The minimum Gasteiger partial charge on any atom is -1.00 e. The van der Waals surface area contributed by atoms with Gasteiger partial charge in [-0.05, 0) is 0 Å². The summed E-state index contributed by atoms with van der Waals surface area (Å²) in [7, 11) is 0. The predicted octanol–water partition coefficient (Wildman–Crippen LogP) is -2.36. The van der Waals surface area contributed by atoms with Gasteiger partial charge in [0.15, 0.2) is 12.4 Å². The van der Waals surface area contributed by atoms with Crippen molar-refractivity contribution in [3.05, 3.63) is 30.6 Å². The second-order valence-corrected chi connectivity index (χ2v) is 1.80. The largest absolute Gasteiger partial charge is 1.00 e. The van der Waals surface area contributed by atoms with E-state index in [0.29, 0.717) is 0 Å². The van der Waals surface area contributed by atoms with Gasteiger partial charge in [0.1, 0.15) is 0 Å². The third kappa shape index (κ3) is 2.15. The minimum absolute atomic E-state index is 0. The van der Waals surface area contributed by atoms with E-state index in [-0.39, 0.29) is 18.3 Å². The quantitative estimate of drug-likeness (QED) is 0.386. The van der Waals surface area contributed by atoms with Crippen LogP contribution in [-0.4, -0.2) is 5.91 Å². The highest BCUT2D eigenvalue weighted by atomic mass is 35.5. The molecule has 54 valence electrons. The van der Waals surface area contributed by atoms with Crippen molar-refractivity contribution >= 4 is 5.91 Å². The number of halogens is 1. The molecule has 0 atom stereocenters. The number of carbonyl (C=O) groups excluding carboxylic acids is 1. The first kappa shape index (κ1) is 9.11. The van der Waals surface area contributed by atoms with E-state index in [1.165, 1.54) is 11.5 Å². The zero-order valence-electron chi connectivity index (χ0n) is 5.62. The summed E-state index contributed by atoms with van der Waals surface area (Å²) in [6, 6.07) is 5.52. The maximum Gasteiger partial charge on any atom is 0.389 e. The molecule has 1 aromatic heterocycles. The van der Waals surface area contributed by atoms with Gasteiger partial charge in [-0.25, -0.2) is 4.79 Å². The Kier molecular flexibility index (Phi) is 3.65. The number of rotatable bonds is 0. The number of hydrogen-bond acceptors (Lipinski definition) is 1. The Labute approximate surface area is 65.9 Å². The highest BCUT2D eigenvalue weighted by molar-refractivity contribution is 5.62. The van der Waals surface area contributed by atoms with Gasteiger partial charge in [0.25, 0.3) is 0 Å². The first-order chi connectivity index (χ1) is 4.30. The van der Waals surface area contributed by atoms with E-state index in [1.54, 1.807) is 12.4 Å². The van der Waals surface area contributed by atoms with E-state index in [0.717, 1.165) is 0 Å². The molecule has 0 N–H and O–H groups in total. The fourth-order valence-electron chi connectivity index (χ4n) is 0.609. The molecule has 0 bridgehead atoms. The SMILES string of the molecule is CC(=O)[n+]1ccccc1.[Cl-]. The number of nitrogens with zero attached hydrogens (tertiary/aromatic N) is 1. The fourth-order valence-corrected chi connectivity index (χ4v) is 0.609. The van der Waals surface area contributed by atoms with Crippen LogP contribution >= 0.6 is 0 Å². The van der Waals surface area contributed by atoms with Gasteiger partial charge in [0.2, 0.25) is 0 Å². The number of aromatic nitrogens is 1. The fraction of sp³-hybridized carbons (Fsp3) is 0.143. The zero-order chi connectivity index (χ0) is 6.69. The first-order valence-corrected chi connectivity index (χ1v) is 2.78. The molecule has 0 aliphatic heterocycles. The molecular weight excluding hydrogens is 150 g/mol. The highest BCUT2D eigenvalue weighted by Gasteiger charge is 2.01. The summed E-state index contributed by atoms with van der Waals surface area (Å²) in [6.07, 6.45) is 3.45. The van der Waals surface area contributed by atoms with Crippen LogP contribution < -0.4 is 17.0 Å². The lowest BCUT2D eigenvalue weighted by Gasteiger charge is -1.83. The Balaban J connectivity index is 0.000000810. The maximum absolute atomic E-state index is 10.6. The summed E-state index contributed by atoms with van der Waals surface area (Å²) >= 11 is 0. The summed E-state index contributed by atoms with van der Waals surface area (Å²) in [6.45, 7) is 1.53. The lowest BCUT2D eigenvalue weighted by molar-refractivity contribution is -0.572. The van der Waals surface area contributed by atoms with Gasteiger partial charge in [-0.2, -0.15) is 0 Å². The van der Waals surface area contributed by atoms with Crippen molar-refractivity contribution in [1.29, 1.82) is 0 Å². The number of carbonyl (C=O) groups is 1. The normalized spacial score (nSPS) is 8.10. The van der Waals surface area contributed by atoms with Crippen molar-refractivity contribution in [2.75, 3.05) is 0 Å². The standard InChI is InChI=1S/C7H8NO.ClH/c1-7(9)8-5-3-2-4-6-8;/h2-6H,1H3;1H/q+1;/p-1. The Bertz CT molecular complexity index is 210. The Morgan fingerprint density at radius 2 is 1.70 bits per heavy atom. The van der Waals surface area contributed by atoms with Crippen LogP contribution in [-0.2, 0) is 0 Å². The third-order valence-electron chi connectivity index (χ3n) is 1.08. The van der Waals surface area contributed by atoms with Crippen LogP contribution in [0.3, 0.4) is 0 Å². The molecule has 1 rings (SSSR count). The van der Waals surface area contributed by atoms with E-state index in [1.807, 2.05) is 18.2 Å². The second kappa shape index (κ2) is 4.01. The summed E-state index contributed by atoms with van der Waals surface area (Å²) in [5, 5.41) is 0. The first-order valence-electron chi connectivity index (χ1n) is 2.78. The Morgan fingerprint density at radius 1 is 1.20 bits per heavy atom. The average molecular weight is 158 g/mol. The number of hydrogen-bond donors (Lipinski definition) is 0. The van der Waals surface area contributed by atoms with Gasteiger partial charge in [0.05, 0.1) is 6.92 Å². The molecule has 0 fully saturated rings. The molecule has 0 saturated heterocycles. The Morgan fingerprint density at radius 3 is 2.00 bits per heavy atom. The summed E-state index contributed by atoms with van der Waals surface area (Å²) in [5.74, 6) is 0.0376. The van der Waals surface area contributed by atoms with Crippen molar-refractivity contribution in [2.24, 2.45) is 0 Å². The summed E-state index contributed by atoms with van der Waals surface area (Å²) in [4.78, 5) is 10.6. The topological polar surface area (TPSA) is 20.9 Å². The van der Waals surface area contributed by atoms with Gasteiger partial charge in [-0.15, -0.1) is 4.57 Å². The molecule has 0 aromatic carbocycles. The molecular formula is C7H8ClNO. The van der Waals surface area contributed by atoms with Gasteiger partial charge < -0.3 is 12.4 Å². The van der Waals surface area contributed by atoms with E-state index >= 15 is 0 Å². The smallest absolute Gasteiger partial charge is 0.389 e. The highest BCUT2D eigenvalue weighted by Crippen LogP contribution is 1.75. The molecule has 0 aliphatic rings. The van der Waals surface area contributed by atoms with Gasteiger partial charge in [-0.1, -0.05) is 6.07 Å². The molecule has 3 heteroatoms. The monoisotopic (exact) mass is 157 g/mol. The minimum atomic E-state index is 0. The van der Waals surface area contributed by atoms with E-state index < -0.39 is 0 Å². The van der Waals surface area contributed by atoms with E-state index in [2.05, 4.69) is 0 Å². The molecule has 2 nitrogen and oxygen atoms in total. The molecule has 0 spiro atoms. The van der Waals surface area contributed by atoms with Crippen LogP contribution in [0.2, 0.25) is 0 Å². The van der Waals surface area contributed by atoms with Crippen molar-refractivity contribution in [1.82, 2.24) is 0 Å². The molecule has 1 heterocycles. The maximum atomic E-state index is 10.6. The van der Waals surface area contributed by atoms with Crippen LogP contribution in [0, 0.1) is 0 Å². The number of pyridine rings is 1. The molecule has 10 heavy (non-hydrogen) atoms. The molecule has 0 unspecified atom stereocenters. The molecule has 0 amide bonds. The zero-order valence-corrected chi connectivity index (χ0v) is 6.38. The molecule has 0 aliphatic carbocycles. The van der Waals surface area contributed by atoms with Crippen molar-refractivity contribution in [2.45, 2.75) is 6.92 Å². The van der Waals surface area contributed by atoms with Crippen LogP contribution in [0.5, 0.6) is 0 Å². The van der Waals surface area contributed by atoms with E-state index in [4.69, 9.17) is 0 Å². The van der Waals surface area contributed by atoms with Crippen molar-refractivity contribution in [3.63, 3.8) is 0 Å². The summed E-state index contributed by atoms with van der Waals surface area (Å²) < 4.78 is 1.53.